The normalized spacial score (nSPS) is 10.8. The molecule has 1 heterocycles. The molecule has 0 atom stereocenters. The van der Waals surface area contributed by atoms with Gasteiger partial charge in [-0.05, 0) is 43.2 Å². The molecule has 0 radical (unpaired) electrons. The lowest BCUT2D eigenvalue weighted by molar-refractivity contribution is 1.31. The molecule has 2 N–H and O–H groups in total. The summed E-state index contributed by atoms with van der Waals surface area (Å²) in [5, 5.41) is 3.27. The monoisotopic (exact) mass is 237 g/mol. The molecule has 0 aliphatic heterocycles. The van der Waals surface area contributed by atoms with Crippen molar-refractivity contribution in [2.24, 2.45) is 0 Å². The van der Waals surface area contributed by atoms with Crippen LogP contribution in [0, 0.1) is 13.8 Å². The lowest BCUT2D eigenvalue weighted by Crippen LogP contribution is -1.91. The summed E-state index contributed by atoms with van der Waals surface area (Å²) in [6.07, 6.45) is 0. The molecule has 3 rings (SSSR count). The zero-order valence-corrected chi connectivity index (χ0v) is 10.5. The van der Waals surface area contributed by atoms with Crippen molar-refractivity contribution in [1.29, 1.82) is 0 Å². The van der Waals surface area contributed by atoms with Gasteiger partial charge < -0.3 is 10.3 Å². The zero-order chi connectivity index (χ0) is 12.5. The summed E-state index contributed by atoms with van der Waals surface area (Å²) >= 11 is 0. The van der Waals surface area contributed by atoms with Crippen LogP contribution in [0.5, 0.6) is 0 Å². The number of hydrogen-bond donors (Lipinski definition) is 2. The van der Waals surface area contributed by atoms with E-state index < -0.39 is 0 Å². The fourth-order valence-corrected chi connectivity index (χ4v) is 2.19. The number of rotatable bonds is 2. The van der Waals surface area contributed by atoms with E-state index in [1.54, 1.807) is 0 Å². The van der Waals surface area contributed by atoms with Crippen LogP contribution in [0.15, 0.2) is 42.5 Å². The Morgan fingerprint density at radius 2 is 1.83 bits per heavy atom. The van der Waals surface area contributed by atoms with E-state index in [4.69, 9.17) is 0 Å². The molecule has 3 heteroatoms. The van der Waals surface area contributed by atoms with Crippen LogP contribution in [-0.2, 0) is 0 Å². The smallest absolute Gasteiger partial charge is 0.205 e. The molecule has 18 heavy (non-hydrogen) atoms. The SMILES string of the molecule is Cc1cc(C)c2nc(Nc3ccccc3)[nH]c2c1. The third kappa shape index (κ3) is 1.95. The first kappa shape index (κ1) is 10.8. The maximum absolute atomic E-state index is 4.58. The first-order chi connectivity index (χ1) is 8.72. The molecule has 0 saturated heterocycles. The molecule has 0 fully saturated rings. The van der Waals surface area contributed by atoms with Gasteiger partial charge in [0.05, 0.1) is 11.0 Å². The van der Waals surface area contributed by atoms with Crippen LogP contribution in [0.2, 0.25) is 0 Å². The van der Waals surface area contributed by atoms with Crippen molar-refractivity contribution in [3.05, 3.63) is 53.6 Å². The number of aromatic nitrogens is 2. The highest BCUT2D eigenvalue weighted by Gasteiger charge is 2.05. The van der Waals surface area contributed by atoms with Crippen molar-refractivity contribution in [2.45, 2.75) is 13.8 Å². The van der Waals surface area contributed by atoms with E-state index in [0.717, 1.165) is 22.7 Å². The Hall–Kier alpha value is -2.29. The average molecular weight is 237 g/mol. The van der Waals surface area contributed by atoms with E-state index in [2.05, 4.69) is 41.3 Å². The van der Waals surface area contributed by atoms with Crippen molar-refractivity contribution in [1.82, 2.24) is 9.97 Å². The summed E-state index contributed by atoms with van der Waals surface area (Å²) in [5.41, 5.74) is 5.58. The fraction of sp³-hybridized carbons (Fsp3) is 0.133. The second kappa shape index (κ2) is 4.18. The highest BCUT2D eigenvalue weighted by atomic mass is 15.1. The van der Waals surface area contributed by atoms with Crippen LogP contribution in [-0.4, -0.2) is 9.97 Å². The van der Waals surface area contributed by atoms with Gasteiger partial charge in [-0.3, -0.25) is 0 Å². The fourth-order valence-electron chi connectivity index (χ4n) is 2.19. The number of anilines is 2. The molecule has 0 unspecified atom stereocenters. The Bertz CT molecular complexity index is 684. The Balaban J connectivity index is 2.01. The number of benzene rings is 2. The van der Waals surface area contributed by atoms with E-state index >= 15 is 0 Å². The summed E-state index contributed by atoms with van der Waals surface area (Å²) < 4.78 is 0. The molecule has 1 aromatic heterocycles. The minimum atomic E-state index is 0.782. The van der Waals surface area contributed by atoms with Crippen molar-refractivity contribution in [3.8, 4) is 0 Å². The molecule has 0 aliphatic carbocycles. The van der Waals surface area contributed by atoms with Crippen LogP contribution >= 0.6 is 0 Å². The van der Waals surface area contributed by atoms with Crippen molar-refractivity contribution in [3.63, 3.8) is 0 Å². The lowest BCUT2D eigenvalue weighted by Gasteiger charge is -2.00. The molecule has 2 aromatic carbocycles. The number of hydrogen-bond acceptors (Lipinski definition) is 2. The van der Waals surface area contributed by atoms with E-state index in [-0.39, 0.29) is 0 Å². The second-order valence-electron chi connectivity index (χ2n) is 4.55. The number of fused-ring (bicyclic) bond motifs is 1. The predicted octanol–water partition coefficient (Wildman–Crippen LogP) is 3.92. The van der Waals surface area contributed by atoms with Gasteiger partial charge >= 0.3 is 0 Å². The molecule has 0 bridgehead atoms. The quantitative estimate of drug-likeness (QED) is 0.709. The Morgan fingerprint density at radius 1 is 1.06 bits per heavy atom. The predicted molar refractivity (Wildman–Crippen MR) is 75.3 cm³/mol. The number of para-hydroxylation sites is 1. The number of aryl methyl sites for hydroxylation is 2. The van der Waals surface area contributed by atoms with Gasteiger partial charge in [-0.25, -0.2) is 4.98 Å². The van der Waals surface area contributed by atoms with Gasteiger partial charge in [0.1, 0.15) is 0 Å². The third-order valence-electron chi connectivity index (χ3n) is 2.96. The van der Waals surface area contributed by atoms with E-state index in [1.165, 1.54) is 11.1 Å². The second-order valence-corrected chi connectivity index (χ2v) is 4.55. The minimum Gasteiger partial charge on any atom is -0.326 e. The van der Waals surface area contributed by atoms with E-state index in [1.807, 2.05) is 30.3 Å². The first-order valence-corrected chi connectivity index (χ1v) is 6.01. The molecule has 0 spiro atoms. The molecule has 90 valence electrons. The molecule has 0 amide bonds. The summed E-state index contributed by atoms with van der Waals surface area (Å²) in [7, 11) is 0. The number of H-pyrrole nitrogens is 1. The van der Waals surface area contributed by atoms with Crippen LogP contribution in [0.25, 0.3) is 11.0 Å². The van der Waals surface area contributed by atoms with Gasteiger partial charge in [-0.1, -0.05) is 24.3 Å². The lowest BCUT2D eigenvalue weighted by atomic mass is 10.1. The van der Waals surface area contributed by atoms with Crippen molar-refractivity contribution < 1.29 is 0 Å². The molecule has 0 saturated carbocycles. The van der Waals surface area contributed by atoms with Crippen LogP contribution < -0.4 is 5.32 Å². The van der Waals surface area contributed by atoms with Gasteiger partial charge in [0.2, 0.25) is 5.95 Å². The maximum Gasteiger partial charge on any atom is 0.205 e. The molecule has 3 aromatic rings. The van der Waals surface area contributed by atoms with Crippen molar-refractivity contribution >= 4 is 22.7 Å². The average Bonchev–Trinajstić information content (AvgIpc) is 2.73. The Morgan fingerprint density at radius 3 is 2.61 bits per heavy atom. The van der Waals surface area contributed by atoms with E-state index in [9.17, 15) is 0 Å². The van der Waals surface area contributed by atoms with Crippen molar-refractivity contribution in [2.75, 3.05) is 5.32 Å². The summed E-state index contributed by atoms with van der Waals surface area (Å²) in [4.78, 5) is 7.89. The largest absolute Gasteiger partial charge is 0.326 e. The van der Waals surface area contributed by atoms with Gasteiger partial charge in [0.15, 0.2) is 0 Å². The number of nitrogens with one attached hydrogen (secondary N) is 2. The van der Waals surface area contributed by atoms with Crippen LogP contribution in [0.3, 0.4) is 0 Å². The maximum atomic E-state index is 4.58. The Kier molecular flexibility index (Phi) is 2.52. The minimum absolute atomic E-state index is 0.782. The zero-order valence-electron chi connectivity index (χ0n) is 10.5. The van der Waals surface area contributed by atoms with Gasteiger partial charge in [-0.2, -0.15) is 0 Å². The molecule has 3 nitrogen and oxygen atoms in total. The Labute approximate surface area is 106 Å². The van der Waals surface area contributed by atoms with Crippen LogP contribution in [0.1, 0.15) is 11.1 Å². The summed E-state index contributed by atoms with van der Waals surface area (Å²) in [6.45, 7) is 4.18. The first-order valence-electron chi connectivity index (χ1n) is 6.01. The number of aromatic amines is 1. The standard InChI is InChI=1S/C15H15N3/c1-10-8-11(2)14-13(9-10)17-15(18-14)16-12-6-4-3-5-7-12/h3-9H,1-2H3,(H2,16,17,18). The highest BCUT2D eigenvalue weighted by Crippen LogP contribution is 2.22. The topological polar surface area (TPSA) is 40.7 Å². The van der Waals surface area contributed by atoms with Gasteiger partial charge in [0.25, 0.3) is 0 Å². The molecular formula is C15H15N3. The highest BCUT2D eigenvalue weighted by molar-refractivity contribution is 5.82. The van der Waals surface area contributed by atoms with Crippen LogP contribution in [0.4, 0.5) is 11.6 Å². The van der Waals surface area contributed by atoms with Gasteiger partial charge in [0, 0.05) is 5.69 Å². The molecule has 0 aliphatic rings. The van der Waals surface area contributed by atoms with Gasteiger partial charge in [-0.15, -0.1) is 0 Å². The number of imidazole rings is 1. The third-order valence-corrected chi connectivity index (χ3v) is 2.96. The van der Waals surface area contributed by atoms with E-state index in [0.29, 0.717) is 0 Å². The summed E-state index contributed by atoms with van der Waals surface area (Å²) in [5.74, 6) is 0.782. The molecular weight excluding hydrogens is 222 g/mol. The summed E-state index contributed by atoms with van der Waals surface area (Å²) in [6, 6.07) is 14.3. The number of nitrogens with zero attached hydrogens (tertiary/aromatic N) is 1.